The first kappa shape index (κ1) is 13.0. The zero-order chi connectivity index (χ0) is 13.3. The van der Waals surface area contributed by atoms with Crippen molar-refractivity contribution < 1.29 is 20.1 Å². The van der Waals surface area contributed by atoms with Gasteiger partial charge in [0.1, 0.15) is 18.1 Å². The van der Waals surface area contributed by atoms with Gasteiger partial charge >= 0.3 is 5.69 Å². The van der Waals surface area contributed by atoms with Gasteiger partial charge in [0, 0.05) is 6.20 Å². The van der Waals surface area contributed by atoms with Crippen molar-refractivity contribution in [3.8, 4) is 0 Å². The minimum atomic E-state index is -1.05. The summed E-state index contributed by atoms with van der Waals surface area (Å²) in [4.78, 5) is 15.2. The fraction of sp³-hybridized carbons (Fsp3) is 0.600. The standard InChI is InChI=1S/C10H15N3O5/c11-7-1-2-13(10(17)12-7)9-5(3-14)8(16)6(4-15)18-9/h1-2,5-6,8-9,14-16H,3-4H2,(H2,11,12,17)/t5-,6-,8?,9-/m1/s1. The first-order valence-corrected chi connectivity index (χ1v) is 5.48. The second-order valence-corrected chi connectivity index (χ2v) is 4.13. The number of nitrogens with zero attached hydrogens (tertiary/aromatic N) is 2. The Kier molecular flexibility index (Phi) is 3.62. The number of aliphatic hydroxyl groups is 3. The number of aromatic nitrogens is 2. The molecule has 1 fully saturated rings. The van der Waals surface area contributed by atoms with Gasteiger partial charge in [-0.3, -0.25) is 4.57 Å². The number of aliphatic hydroxyl groups excluding tert-OH is 3. The summed E-state index contributed by atoms with van der Waals surface area (Å²) in [7, 11) is 0. The van der Waals surface area contributed by atoms with Gasteiger partial charge in [-0.2, -0.15) is 4.98 Å². The molecule has 100 valence electrons. The van der Waals surface area contributed by atoms with Gasteiger partial charge in [0.2, 0.25) is 0 Å². The predicted octanol–water partition coefficient (Wildman–Crippen LogP) is -2.32. The highest BCUT2D eigenvalue weighted by molar-refractivity contribution is 5.23. The van der Waals surface area contributed by atoms with Crippen LogP contribution in [0.1, 0.15) is 6.23 Å². The molecule has 0 aromatic carbocycles. The molecule has 2 heterocycles. The third-order valence-electron chi connectivity index (χ3n) is 3.02. The number of hydrogen-bond donors (Lipinski definition) is 4. The molecular weight excluding hydrogens is 242 g/mol. The van der Waals surface area contributed by atoms with E-state index < -0.39 is 36.7 Å². The molecule has 4 atom stereocenters. The van der Waals surface area contributed by atoms with Crippen molar-refractivity contribution in [1.82, 2.24) is 9.55 Å². The molecule has 0 saturated carbocycles. The van der Waals surface area contributed by atoms with Gasteiger partial charge in [-0.1, -0.05) is 0 Å². The first-order valence-electron chi connectivity index (χ1n) is 5.48. The molecule has 1 saturated heterocycles. The predicted molar refractivity (Wildman–Crippen MR) is 60.5 cm³/mol. The zero-order valence-electron chi connectivity index (χ0n) is 9.51. The number of rotatable bonds is 3. The smallest absolute Gasteiger partial charge is 0.351 e. The number of hydrogen-bond acceptors (Lipinski definition) is 7. The summed E-state index contributed by atoms with van der Waals surface area (Å²) in [6.45, 7) is -0.773. The lowest BCUT2D eigenvalue weighted by Crippen LogP contribution is -2.34. The van der Waals surface area contributed by atoms with Gasteiger partial charge in [0.05, 0.1) is 25.2 Å². The van der Waals surface area contributed by atoms with Gasteiger partial charge < -0.3 is 25.8 Å². The Labute approximate surface area is 102 Å². The fourth-order valence-electron chi connectivity index (χ4n) is 2.05. The Morgan fingerprint density at radius 2 is 2.17 bits per heavy atom. The highest BCUT2D eigenvalue weighted by Crippen LogP contribution is 2.33. The van der Waals surface area contributed by atoms with Crippen LogP contribution in [0.3, 0.4) is 0 Å². The maximum absolute atomic E-state index is 11.7. The van der Waals surface area contributed by atoms with E-state index in [1.807, 2.05) is 0 Å². The second kappa shape index (κ2) is 5.02. The number of ether oxygens (including phenoxy) is 1. The second-order valence-electron chi connectivity index (χ2n) is 4.13. The summed E-state index contributed by atoms with van der Waals surface area (Å²) in [6.07, 6.45) is -1.38. The Morgan fingerprint density at radius 1 is 1.44 bits per heavy atom. The monoisotopic (exact) mass is 257 g/mol. The molecule has 0 radical (unpaired) electrons. The van der Waals surface area contributed by atoms with E-state index >= 15 is 0 Å². The van der Waals surface area contributed by atoms with Crippen LogP contribution in [-0.2, 0) is 4.74 Å². The van der Waals surface area contributed by atoms with Crippen LogP contribution in [0, 0.1) is 5.92 Å². The molecule has 0 bridgehead atoms. The summed E-state index contributed by atoms with van der Waals surface area (Å²) in [5.41, 5.74) is 4.74. The van der Waals surface area contributed by atoms with Crippen molar-refractivity contribution >= 4 is 5.82 Å². The summed E-state index contributed by atoms with van der Waals surface area (Å²) in [6, 6.07) is 1.41. The average molecular weight is 257 g/mol. The molecule has 8 heteroatoms. The van der Waals surface area contributed by atoms with Gasteiger partial charge in [-0.15, -0.1) is 0 Å². The molecule has 0 amide bonds. The van der Waals surface area contributed by atoms with E-state index in [1.54, 1.807) is 0 Å². The Morgan fingerprint density at radius 3 is 2.72 bits per heavy atom. The maximum Gasteiger partial charge on any atom is 0.351 e. The Balaban J connectivity index is 2.35. The van der Waals surface area contributed by atoms with Crippen LogP contribution in [0.15, 0.2) is 17.1 Å². The minimum absolute atomic E-state index is 0.0778. The number of anilines is 1. The maximum atomic E-state index is 11.7. The number of nitrogen functional groups attached to an aromatic ring is 1. The third kappa shape index (κ3) is 2.10. The quantitative estimate of drug-likeness (QED) is 0.478. The fourth-order valence-corrected chi connectivity index (χ4v) is 2.05. The minimum Gasteiger partial charge on any atom is -0.396 e. The number of nitrogens with two attached hydrogens (primary N) is 1. The van der Waals surface area contributed by atoms with Gasteiger partial charge in [-0.05, 0) is 6.07 Å². The topological polar surface area (TPSA) is 131 Å². The van der Waals surface area contributed by atoms with E-state index in [0.29, 0.717) is 0 Å². The van der Waals surface area contributed by atoms with Crippen LogP contribution < -0.4 is 11.4 Å². The highest BCUT2D eigenvalue weighted by atomic mass is 16.5. The Hall–Kier alpha value is -1.48. The molecule has 2 rings (SSSR count). The van der Waals surface area contributed by atoms with Gasteiger partial charge in [-0.25, -0.2) is 4.79 Å². The summed E-state index contributed by atoms with van der Waals surface area (Å²) in [5, 5.41) is 28.1. The van der Waals surface area contributed by atoms with Crippen molar-refractivity contribution in [2.75, 3.05) is 18.9 Å². The zero-order valence-corrected chi connectivity index (χ0v) is 9.51. The van der Waals surface area contributed by atoms with Crippen LogP contribution in [0.4, 0.5) is 5.82 Å². The normalized spacial score (nSPS) is 31.7. The van der Waals surface area contributed by atoms with Crippen molar-refractivity contribution in [1.29, 1.82) is 0 Å². The summed E-state index contributed by atoms with van der Waals surface area (Å²) < 4.78 is 6.49. The average Bonchev–Trinajstić information content (AvgIpc) is 2.65. The molecule has 5 N–H and O–H groups in total. The molecule has 18 heavy (non-hydrogen) atoms. The lowest BCUT2D eigenvalue weighted by molar-refractivity contribution is -0.0495. The summed E-state index contributed by atoms with van der Waals surface area (Å²) in [5.74, 6) is -0.626. The Bertz CT molecular complexity index is 477. The van der Waals surface area contributed by atoms with Crippen LogP contribution in [-0.4, -0.2) is 50.3 Å². The van der Waals surface area contributed by atoms with Gasteiger partial charge in [0.15, 0.2) is 0 Å². The molecule has 1 aromatic rings. The van der Waals surface area contributed by atoms with Crippen molar-refractivity contribution in [2.45, 2.75) is 18.4 Å². The largest absolute Gasteiger partial charge is 0.396 e. The third-order valence-corrected chi connectivity index (χ3v) is 3.02. The van der Waals surface area contributed by atoms with Crippen LogP contribution in [0.2, 0.25) is 0 Å². The molecule has 1 unspecified atom stereocenters. The van der Waals surface area contributed by atoms with E-state index in [0.717, 1.165) is 4.57 Å². The highest BCUT2D eigenvalue weighted by Gasteiger charge is 2.44. The van der Waals surface area contributed by atoms with Crippen LogP contribution in [0.25, 0.3) is 0 Å². The molecular formula is C10H15N3O5. The van der Waals surface area contributed by atoms with Crippen molar-refractivity contribution in [3.63, 3.8) is 0 Å². The van der Waals surface area contributed by atoms with Crippen LogP contribution >= 0.6 is 0 Å². The molecule has 0 spiro atoms. The van der Waals surface area contributed by atoms with Crippen molar-refractivity contribution in [3.05, 3.63) is 22.7 Å². The first-order chi connectivity index (χ1) is 8.58. The molecule has 1 aliphatic heterocycles. The summed E-state index contributed by atoms with van der Waals surface area (Å²) >= 11 is 0. The lowest BCUT2D eigenvalue weighted by atomic mass is 10.0. The van der Waals surface area contributed by atoms with E-state index in [1.165, 1.54) is 12.3 Å². The molecule has 0 aliphatic carbocycles. The van der Waals surface area contributed by atoms with E-state index in [4.69, 9.17) is 15.6 Å². The molecule has 8 nitrogen and oxygen atoms in total. The molecule has 1 aromatic heterocycles. The van der Waals surface area contributed by atoms with E-state index in [-0.39, 0.29) is 12.4 Å². The SMILES string of the molecule is Nc1ccn([C@@H]2O[C@H](CO)C(O)[C@H]2CO)c(=O)n1. The molecule has 1 aliphatic rings. The van der Waals surface area contributed by atoms with Gasteiger partial charge in [0.25, 0.3) is 0 Å². The van der Waals surface area contributed by atoms with Crippen LogP contribution in [0.5, 0.6) is 0 Å². The lowest BCUT2D eigenvalue weighted by Gasteiger charge is -2.19. The van der Waals surface area contributed by atoms with E-state index in [2.05, 4.69) is 4.98 Å². The van der Waals surface area contributed by atoms with E-state index in [9.17, 15) is 15.0 Å². The van der Waals surface area contributed by atoms with Crippen molar-refractivity contribution in [2.24, 2.45) is 5.92 Å².